The second-order valence-electron chi connectivity index (χ2n) is 6.21. The first-order valence-electron chi connectivity index (χ1n) is 8.23. The van der Waals surface area contributed by atoms with E-state index in [0.29, 0.717) is 0 Å². The molecule has 0 spiro atoms. The van der Waals surface area contributed by atoms with Crippen molar-refractivity contribution in [2.75, 3.05) is 7.11 Å². The van der Waals surface area contributed by atoms with Crippen molar-refractivity contribution in [1.29, 1.82) is 0 Å². The van der Waals surface area contributed by atoms with E-state index in [1.807, 2.05) is 52.1 Å². The SMILES string of the molecule is COc1cccc([C@@H](C)NC(=O)[C@H](C)n2ncc3c2c(C)nn3C)c1. The Morgan fingerprint density at radius 2 is 2.08 bits per heavy atom. The van der Waals surface area contributed by atoms with Crippen LogP contribution in [0.3, 0.4) is 0 Å². The number of methoxy groups -OCH3 is 1. The van der Waals surface area contributed by atoms with Gasteiger partial charge < -0.3 is 10.1 Å². The number of hydrogen-bond donors (Lipinski definition) is 1. The highest BCUT2D eigenvalue weighted by Crippen LogP contribution is 2.22. The zero-order chi connectivity index (χ0) is 18.1. The summed E-state index contributed by atoms with van der Waals surface area (Å²) in [5, 5.41) is 11.8. The van der Waals surface area contributed by atoms with E-state index < -0.39 is 6.04 Å². The third kappa shape index (κ3) is 3.09. The van der Waals surface area contributed by atoms with Crippen molar-refractivity contribution in [1.82, 2.24) is 24.9 Å². The smallest absolute Gasteiger partial charge is 0.245 e. The molecular formula is C18H23N5O2. The molecule has 0 radical (unpaired) electrons. The van der Waals surface area contributed by atoms with Crippen molar-refractivity contribution in [2.45, 2.75) is 32.9 Å². The Bertz CT molecular complexity index is 911. The van der Waals surface area contributed by atoms with E-state index >= 15 is 0 Å². The molecule has 2 atom stereocenters. The summed E-state index contributed by atoms with van der Waals surface area (Å²) in [5.41, 5.74) is 3.65. The van der Waals surface area contributed by atoms with Gasteiger partial charge in [0.1, 0.15) is 22.8 Å². The van der Waals surface area contributed by atoms with Crippen molar-refractivity contribution in [2.24, 2.45) is 7.05 Å². The Morgan fingerprint density at radius 1 is 1.32 bits per heavy atom. The fourth-order valence-corrected chi connectivity index (χ4v) is 3.00. The number of nitrogens with one attached hydrogen (secondary N) is 1. The number of fused-ring (bicyclic) bond motifs is 1. The van der Waals surface area contributed by atoms with Crippen molar-refractivity contribution in [3.8, 4) is 5.75 Å². The third-order valence-electron chi connectivity index (χ3n) is 4.47. The molecule has 0 aliphatic carbocycles. The number of aryl methyl sites for hydroxylation is 2. The maximum Gasteiger partial charge on any atom is 0.245 e. The van der Waals surface area contributed by atoms with Gasteiger partial charge in [0.15, 0.2) is 0 Å². The molecule has 1 amide bonds. The van der Waals surface area contributed by atoms with Gasteiger partial charge in [-0.05, 0) is 38.5 Å². The van der Waals surface area contributed by atoms with Gasteiger partial charge in [-0.15, -0.1) is 0 Å². The molecule has 7 heteroatoms. The Hall–Kier alpha value is -2.83. The van der Waals surface area contributed by atoms with Gasteiger partial charge >= 0.3 is 0 Å². The molecule has 1 aromatic carbocycles. The van der Waals surface area contributed by atoms with Gasteiger partial charge in [-0.25, -0.2) is 4.68 Å². The van der Waals surface area contributed by atoms with E-state index in [9.17, 15) is 4.79 Å². The molecule has 2 heterocycles. The molecule has 1 N–H and O–H groups in total. The predicted octanol–water partition coefficient (Wildman–Crippen LogP) is 2.53. The molecule has 132 valence electrons. The average Bonchev–Trinajstić information content (AvgIpc) is 3.16. The van der Waals surface area contributed by atoms with Gasteiger partial charge in [-0.2, -0.15) is 10.2 Å². The quantitative estimate of drug-likeness (QED) is 0.774. The molecule has 3 rings (SSSR count). The Kier molecular flexibility index (Phi) is 4.48. The normalized spacial score (nSPS) is 13.6. The molecule has 0 fully saturated rings. The van der Waals surface area contributed by atoms with Crippen LogP contribution in [-0.2, 0) is 11.8 Å². The zero-order valence-corrected chi connectivity index (χ0v) is 15.1. The topological polar surface area (TPSA) is 74.0 Å². The summed E-state index contributed by atoms with van der Waals surface area (Å²) in [5.74, 6) is 0.676. The number of nitrogens with zero attached hydrogens (tertiary/aromatic N) is 4. The van der Waals surface area contributed by atoms with E-state index in [1.54, 1.807) is 22.7 Å². The van der Waals surface area contributed by atoms with Crippen molar-refractivity contribution < 1.29 is 9.53 Å². The highest BCUT2D eigenvalue weighted by molar-refractivity contribution is 5.84. The van der Waals surface area contributed by atoms with Crippen LogP contribution in [0.15, 0.2) is 30.5 Å². The first-order chi connectivity index (χ1) is 11.9. The highest BCUT2D eigenvalue weighted by Gasteiger charge is 2.22. The lowest BCUT2D eigenvalue weighted by molar-refractivity contribution is -0.124. The molecule has 3 aromatic rings. The summed E-state index contributed by atoms with van der Waals surface area (Å²) < 4.78 is 8.75. The Labute approximate surface area is 146 Å². The van der Waals surface area contributed by atoms with Crippen molar-refractivity contribution in [3.63, 3.8) is 0 Å². The predicted molar refractivity (Wildman–Crippen MR) is 95.5 cm³/mol. The maximum absolute atomic E-state index is 12.7. The summed E-state index contributed by atoms with van der Waals surface area (Å²) in [7, 11) is 3.50. The van der Waals surface area contributed by atoms with Gasteiger partial charge in [0.05, 0.1) is 25.0 Å². The van der Waals surface area contributed by atoms with Crippen LogP contribution in [0.1, 0.15) is 37.2 Å². The van der Waals surface area contributed by atoms with Crippen LogP contribution in [0.25, 0.3) is 11.0 Å². The fourth-order valence-electron chi connectivity index (χ4n) is 3.00. The number of benzene rings is 1. The van der Waals surface area contributed by atoms with Crippen LogP contribution >= 0.6 is 0 Å². The minimum atomic E-state index is -0.437. The molecule has 0 saturated heterocycles. The lowest BCUT2D eigenvalue weighted by Crippen LogP contribution is -2.33. The van der Waals surface area contributed by atoms with Gasteiger partial charge in [-0.3, -0.25) is 9.48 Å². The summed E-state index contributed by atoms with van der Waals surface area (Å²) >= 11 is 0. The summed E-state index contributed by atoms with van der Waals surface area (Å²) in [6.45, 7) is 5.71. The molecule has 7 nitrogen and oxygen atoms in total. The van der Waals surface area contributed by atoms with Gasteiger partial charge in [-0.1, -0.05) is 12.1 Å². The monoisotopic (exact) mass is 341 g/mol. The van der Waals surface area contributed by atoms with Gasteiger partial charge in [0, 0.05) is 7.05 Å². The van der Waals surface area contributed by atoms with Gasteiger partial charge in [0.25, 0.3) is 0 Å². The first-order valence-corrected chi connectivity index (χ1v) is 8.23. The highest BCUT2D eigenvalue weighted by atomic mass is 16.5. The van der Waals surface area contributed by atoms with E-state index in [-0.39, 0.29) is 11.9 Å². The van der Waals surface area contributed by atoms with E-state index in [2.05, 4.69) is 15.5 Å². The molecule has 0 aliphatic heterocycles. The molecule has 0 unspecified atom stereocenters. The standard InChI is InChI=1S/C18H23N5O2/c1-11(14-7-6-8-15(9-14)25-5)20-18(24)13(3)23-17-12(2)21-22(4)16(17)10-19-23/h6-11,13H,1-5H3,(H,20,24)/t11-,13+/m1/s1. The number of ether oxygens (including phenoxy) is 1. The maximum atomic E-state index is 12.7. The summed E-state index contributed by atoms with van der Waals surface area (Å²) in [6, 6.07) is 7.12. The number of carbonyl (C=O) groups excluding carboxylic acids is 1. The van der Waals surface area contributed by atoms with E-state index in [1.165, 1.54) is 0 Å². The zero-order valence-electron chi connectivity index (χ0n) is 15.1. The van der Waals surface area contributed by atoms with Crippen LogP contribution in [0.2, 0.25) is 0 Å². The molecule has 0 bridgehead atoms. The number of hydrogen-bond acceptors (Lipinski definition) is 4. The van der Waals surface area contributed by atoms with Crippen LogP contribution in [0.5, 0.6) is 5.75 Å². The third-order valence-corrected chi connectivity index (χ3v) is 4.47. The average molecular weight is 341 g/mol. The fraction of sp³-hybridized carbons (Fsp3) is 0.389. The Balaban J connectivity index is 1.80. The van der Waals surface area contributed by atoms with Crippen LogP contribution in [0.4, 0.5) is 0 Å². The number of rotatable bonds is 5. The number of carbonyl (C=O) groups is 1. The molecule has 2 aromatic heterocycles. The largest absolute Gasteiger partial charge is 0.497 e. The van der Waals surface area contributed by atoms with Crippen LogP contribution < -0.4 is 10.1 Å². The molecular weight excluding hydrogens is 318 g/mol. The summed E-state index contributed by atoms with van der Waals surface area (Å²) in [6.07, 6.45) is 1.74. The van der Waals surface area contributed by atoms with Crippen LogP contribution in [0, 0.1) is 6.92 Å². The molecule has 25 heavy (non-hydrogen) atoms. The first kappa shape index (κ1) is 17.0. The number of aromatic nitrogens is 4. The summed E-state index contributed by atoms with van der Waals surface area (Å²) in [4.78, 5) is 12.7. The van der Waals surface area contributed by atoms with E-state index in [4.69, 9.17) is 4.74 Å². The lowest BCUT2D eigenvalue weighted by atomic mass is 10.1. The minimum absolute atomic E-state index is 0.0939. The Morgan fingerprint density at radius 3 is 2.80 bits per heavy atom. The van der Waals surface area contributed by atoms with Crippen molar-refractivity contribution in [3.05, 3.63) is 41.7 Å². The van der Waals surface area contributed by atoms with E-state index in [0.717, 1.165) is 28.0 Å². The number of amides is 1. The van der Waals surface area contributed by atoms with Crippen LogP contribution in [-0.4, -0.2) is 32.6 Å². The van der Waals surface area contributed by atoms with Crippen molar-refractivity contribution >= 4 is 16.9 Å². The molecule has 0 aliphatic rings. The minimum Gasteiger partial charge on any atom is -0.497 e. The second kappa shape index (κ2) is 6.58. The van der Waals surface area contributed by atoms with Gasteiger partial charge in [0.2, 0.25) is 5.91 Å². The molecule has 0 saturated carbocycles. The lowest BCUT2D eigenvalue weighted by Gasteiger charge is -2.19. The second-order valence-corrected chi connectivity index (χ2v) is 6.21.